The van der Waals surface area contributed by atoms with Crippen LogP contribution in [0.25, 0.3) is 0 Å². The van der Waals surface area contributed by atoms with Crippen molar-refractivity contribution in [3.63, 3.8) is 0 Å². The van der Waals surface area contributed by atoms with Crippen molar-refractivity contribution < 1.29 is 24.0 Å². The van der Waals surface area contributed by atoms with E-state index in [-0.39, 0.29) is 17.9 Å². The highest BCUT2D eigenvalue weighted by Crippen LogP contribution is 2.23. The first kappa shape index (κ1) is 15.3. The fraction of sp³-hybridized carbons (Fsp3) is 0.0625. The second-order valence-corrected chi connectivity index (χ2v) is 5.04. The van der Waals surface area contributed by atoms with E-state index in [2.05, 4.69) is 5.32 Å². The number of cyclic esters (lactones) is 1. The zero-order valence-corrected chi connectivity index (χ0v) is 12.1. The van der Waals surface area contributed by atoms with Gasteiger partial charge in [0.1, 0.15) is 6.61 Å². The highest BCUT2D eigenvalue weighted by atomic mass is 16.6. The topological polar surface area (TPSA) is 116 Å². The number of anilines is 1. The fourth-order valence-corrected chi connectivity index (χ4v) is 2.26. The van der Waals surface area contributed by atoms with Gasteiger partial charge in [-0.1, -0.05) is 0 Å². The zero-order valence-electron chi connectivity index (χ0n) is 12.1. The standard InChI is InChI=1S/C16H10N2O6/c19-14(9-1-4-12(5-2-9)18(22)23)15(20)17-11-3-6-13-10(7-11)8-24-16(13)21/h1-7H,8H2,(H,17,20). The minimum Gasteiger partial charge on any atom is -0.457 e. The molecule has 2 aromatic rings. The molecule has 24 heavy (non-hydrogen) atoms. The van der Waals surface area contributed by atoms with Gasteiger partial charge in [0.15, 0.2) is 0 Å². The number of ether oxygens (including phenoxy) is 1. The van der Waals surface area contributed by atoms with Crippen LogP contribution in [0.3, 0.4) is 0 Å². The summed E-state index contributed by atoms with van der Waals surface area (Å²) in [6.45, 7) is 0.119. The summed E-state index contributed by atoms with van der Waals surface area (Å²) in [5.41, 5.74) is 1.27. The van der Waals surface area contributed by atoms with Gasteiger partial charge in [-0.3, -0.25) is 19.7 Å². The van der Waals surface area contributed by atoms with E-state index in [9.17, 15) is 24.5 Å². The molecule has 3 rings (SSSR count). The van der Waals surface area contributed by atoms with Gasteiger partial charge in [-0.25, -0.2) is 4.79 Å². The number of rotatable bonds is 4. The molecule has 0 radical (unpaired) electrons. The van der Waals surface area contributed by atoms with Crippen molar-refractivity contribution >= 4 is 29.0 Å². The van der Waals surface area contributed by atoms with Crippen LogP contribution in [0, 0.1) is 10.1 Å². The number of benzene rings is 2. The summed E-state index contributed by atoms with van der Waals surface area (Å²) in [5, 5.41) is 13.0. The molecular weight excluding hydrogens is 316 g/mol. The second-order valence-electron chi connectivity index (χ2n) is 5.04. The summed E-state index contributed by atoms with van der Waals surface area (Å²) < 4.78 is 4.86. The van der Waals surface area contributed by atoms with Gasteiger partial charge in [0, 0.05) is 28.9 Å². The van der Waals surface area contributed by atoms with Crippen molar-refractivity contribution in [3.8, 4) is 0 Å². The number of nitro benzene ring substituents is 1. The molecule has 0 aliphatic carbocycles. The maximum Gasteiger partial charge on any atom is 0.338 e. The second kappa shape index (κ2) is 5.92. The molecule has 120 valence electrons. The lowest BCUT2D eigenvalue weighted by Crippen LogP contribution is -2.22. The maximum atomic E-state index is 12.1. The van der Waals surface area contributed by atoms with Crippen molar-refractivity contribution in [2.45, 2.75) is 6.61 Å². The number of nitrogens with zero attached hydrogens (tertiary/aromatic N) is 1. The van der Waals surface area contributed by atoms with Gasteiger partial charge in [-0.05, 0) is 30.3 Å². The Morgan fingerprint density at radius 2 is 1.83 bits per heavy atom. The Bertz CT molecular complexity index is 873. The van der Waals surface area contributed by atoms with Crippen molar-refractivity contribution in [1.82, 2.24) is 0 Å². The van der Waals surface area contributed by atoms with Gasteiger partial charge in [-0.15, -0.1) is 0 Å². The molecule has 0 aromatic heterocycles. The minimum absolute atomic E-state index is 0.0396. The Hall–Kier alpha value is -3.55. The molecule has 0 bridgehead atoms. The lowest BCUT2D eigenvalue weighted by molar-refractivity contribution is -0.384. The smallest absolute Gasteiger partial charge is 0.338 e. The number of Topliss-reactive ketones (excluding diaryl/α,β-unsaturated/α-hetero) is 1. The van der Waals surface area contributed by atoms with Crippen molar-refractivity contribution in [2.24, 2.45) is 0 Å². The summed E-state index contributed by atoms with van der Waals surface area (Å²) in [6, 6.07) is 9.30. The third kappa shape index (κ3) is 2.84. The number of fused-ring (bicyclic) bond motifs is 1. The van der Waals surface area contributed by atoms with E-state index in [0.717, 1.165) is 12.1 Å². The van der Waals surface area contributed by atoms with Crippen LogP contribution in [-0.2, 0) is 16.1 Å². The number of hydrogen-bond donors (Lipinski definition) is 1. The van der Waals surface area contributed by atoms with Crippen LogP contribution in [-0.4, -0.2) is 22.6 Å². The number of ketones is 1. The molecule has 1 amide bonds. The zero-order chi connectivity index (χ0) is 17.3. The number of carbonyl (C=O) groups excluding carboxylic acids is 3. The number of amides is 1. The molecule has 0 unspecified atom stereocenters. The quantitative estimate of drug-likeness (QED) is 0.302. The van der Waals surface area contributed by atoms with E-state index < -0.39 is 22.6 Å². The Balaban J connectivity index is 1.74. The molecule has 1 heterocycles. The first-order valence-electron chi connectivity index (χ1n) is 6.86. The summed E-state index contributed by atoms with van der Waals surface area (Å²) >= 11 is 0. The number of carbonyl (C=O) groups is 3. The van der Waals surface area contributed by atoms with Gasteiger partial charge < -0.3 is 10.1 Å². The number of esters is 1. The molecule has 2 aromatic carbocycles. The van der Waals surface area contributed by atoms with Gasteiger partial charge in [0.25, 0.3) is 17.4 Å². The third-order valence-electron chi connectivity index (χ3n) is 3.49. The maximum absolute atomic E-state index is 12.1. The van der Waals surface area contributed by atoms with Crippen LogP contribution in [0.1, 0.15) is 26.3 Å². The molecule has 1 aliphatic heterocycles. The number of nitrogens with one attached hydrogen (secondary N) is 1. The molecule has 1 N–H and O–H groups in total. The summed E-state index contributed by atoms with van der Waals surface area (Å²) in [6.07, 6.45) is 0. The highest BCUT2D eigenvalue weighted by Gasteiger charge is 2.22. The minimum atomic E-state index is -0.881. The Morgan fingerprint density at radius 1 is 1.12 bits per heavy atom. The number of non-ortho nitro benzene ring substituents is 1. The first-order chi connectivity index (χ1) is 11.5. The average Bonchev–Trinajstić information content (AvgIpc) is 2.95. The molecule has 0 saturated carbocycles. The lowest BCUT2D eigenvalue weighted by atomic mass is 10.1. The third-order valence-corrected chi connectivity index (χ3v) is 3.49. The van der Waals surface area contributed by atoms with Crippen LogP contribution in [0.4, 0.5) is 11.4 Å². The van der Waals surface area contributed by atoms with E-state index in [1.54, 1.807) is 6.07 Å². The van der Waals surface area contributed by atoms with E-state index in [1.165, 1.54) is 24.3 Å². The number of hydrogen-bond acceptors (Lipinski definition) is 6. The molecule has 0 atom stereocenters. The van der Waals surface area contributed by atoms with Crippen LogP contribution < -0.4 is 5.32 Å². The molecular formula is C16H10N2O6. The van der Waals surface area contributed by atoms with Gasteiger partial charge >= 0.3 is 5.97 Å². The SMILES string of the molecule is O=C(Nc1ccc2c(c1)COC2=O)C(=O)c1ccc([N+](=O)[O-])cc1. The molecule has 0 spiro atoms. The van der Waals surface area contributed by atoms with Gasteiger partial charge in [0.2, 0.25) is 0 Å². The Kier molecular flexibility index (Phi) is 3.78. The Morgan fingerprint density at radius 3 is 2.50 bits per heavy atom. The largest absolute Gasteiger partial charge is 0.457 e. The first-order valence-corrected chi connectivity index (χ1v) is 6.86. The monoisotopic (exact) mass is 326 g/mol. The van der Waals surface area contributed by atoms with Gasteiger partial charge in [-0.2, -0.15) is 0 Å². The van der Waals surface area contributed by atoms with Crippen LogP contribution >= 0.6 is 0 Å². The van der Waals surface area contributed by atoms with Crippen LogP contribution in [0.15, 0.2) is 42.5 Å². The van der Waals surface area contributed by atoms with E-state index in [0.29, 0.717) is 16.8 Å². The summed E-state index contributed by atoms with van der Waals surface area (Å²) in [4.78, 5) is 45.4. The van der Waals surface area contributed by atoms with E-state index in [4.69, 9.17) is 4.74 Å². The molecule has 8 nitrogen and oxygen atoms in total. The summed E-state index contributed by atoms with van der Waals surface area (Å²) in [5.74, 6) is -2.13. The summed E-state index contributed by atoms with van der Waals surface area (Å²) in [7, 11) is 0. The average molecular weight is 326 g/mol. The van der Waals surface area contributed by atoms with Crippen molar-refractivity contribution in [2.75, 3.05) is 5.32 Å². The van der Waals surface area contributed by atoms with Crippen LogP contribution in [0.5, 0.6) is 0 Å². The normalized spacial score (nSPS) is 12.2. The molecule has 8 heteroatoms. The molecule has 0 fully saturated rings. The van der Waals surface area contributed by atoms with Gasteiger partial charge in [0.05, 0.1) is 10.5 Å². The van der Waals surface area contributed by atoms with Crippen molar-refractivity contribution in [3.05, 3.63) is 69.3 Å². The van der Waals surface area contributed by atoms with Crippen LogP contribution in [0.2, 0.25) is 0 Å². The fourth-order valence-electron chi connectivity index (χ4n) is 2.26. The highest BCUT2D eigenvalue weighted by molar-refractivity contribution is 6.46. The lowest BCUT2D eigenvalue weighted by Gasteiger charge is -2.05. The number of nitro groups is 1. The predicted molar refractivity (Wildman–Crippen MR) is 81.6 cm³/mol. The van der Waals surface area contributed by atoms with E-state index >= 15 is 0 Å². The molecule has 1 aliphatic rings. The predicted octanol–water partition coefficient (Wildman–Crippen LogP) is 2.09. The molecule has 0 saturated heterocycles. The Labute approximate surface area is 135 Å². The van der Waals surface area contributed by atoms with Crippen molar-refractivity contribution in [1.29, 1.82) is 0 Å². The van der Waals surface area contributed by atoms with E-state index in [1.807, 2.05) is 0 Å².